The van der Waals surface area contributed by atoms with Gasteiger partial charge >= 0.3 is 0 Å². The second-order valence-corrected chi connectivity index (χ2v) is 7.17. The van der Waals surface area contributed by atoms with Gasteiger partial charge in [0.15, 0.2) is 0 Å². The lowest BCUT2D eigenvalue weighted by Crippen LogP contribution is -2.26. The first-order valence-electron chi connectivity index (χ1n) is 7.95. The lowest BCUT2D eigenvalue weighted by molar-refractivity contribution is 0.209. The maximum atomic E-state index is 6.19. The molecule has 112 valence electrons. The van der Waals surface area contributed by atoms with Crippen molar-refractivity contribution < 1.29 is 4.74 Å². The first kappa shape index (κ1) is 15.8. The van der Waals surface area contributed by atoms with E-state index >= 15 is 0 Å². The topological polar surface area (TPSA) is 9.23 Å². The van der Waals surface area contributed by atoms with Gasteiger partial charge in [0, 0.05) is 5.25 Å². The van der Waals surface area contributed by atoms with Crippen molar-refractivity contribution in [2.75, 3.05) is 6.26 Å². The van der Waals surface area contributed by atoms with Gasteiger partial charge in [0.25, 0.3) is 0 Å². The Morgan fingerprint density at radius 3 is 2.60 bits per heavy atom. The van der Waals surface area contributed by atoms with Crippen LogP contribution < -0.4 is 4.74 Å². The average Bonchev–Trinajstić information content (AvgIpc) is 2.95. The number of ether oxygens (including phenoxy) is 1. The molecule has 0 heterocycles. The highest BCUT2D eigenvalue weighted by atomic mass is 32.2. The van der Waals surface area contributed by atoms with Crippen LogP contribution in [0.5, 0.6) is 5.75 Å². The Balaban J connectivity index is 1.84. The van der Waals surface area contributed by atoms with Crippen molar-refractivity contribution in [2.24, 2.45) is 5.92 Å². The highest BCUT2D eigenvalue weighted by molar-refractivity contribution is 7.99. The molecule has 2 atom stereocenters. The molecule has 0 saturated heterocycles. The Kier molecular flexibility index (Phi) is 6.28. The summed E-state index contributed by atoms with van der Waals surface area (Å²) in [4.78, 5) is 0. The predicted molar refractivity (Wildman–Crippen MR) is 89.8 cm³/mol. The monoisotopic (exact) mass is 292 g/mol. The van der Waals surface area contributed by atoms with E-state index in [0.717, 1.165) is 11.7 Å². The maximum Gasteiger partial charge on any atom is 0.122 e. The van der Waals surface area contributed by atoms with Crippen LogP contribution in [-0.4, -0.2) is 17.6 Å². The maximum absolute atomic E-state index is 6.19. The summed E-state index contributed by atoms with van der Waals surface area (Å²) >= 11 is 1.96. The van der Waals surface area contributed by atoms with E-state index in [0.29, 0.717) is 5.25 Å². The fraction of sp³-hybridized carbons (Fsp3) is 0.667. The molecule has 0 aromatic heterocycles. The average molecular weight is 292 g/mol. The van der Waals surface area contributed by atoms with Gasteiger partial charge in [-0.15, -0.1) is 0 Å². The third-order valence-corrected chi connectivity index (χ3v) is 5.79. The van der Waals surface area contributed by atoms with Gasteiger partial charge in [-0.05, 0) is 50.5 Å². The molecule has 0 aliphatic heterocycles. The van der Waals surface area contributed by atoms with Gasteiger partial charge < -0.3 is 4.74 Å². The van der Waals surface area contributed by atoms with E-state index in [1.165, 1.54) is 44.1 Å². The van der Waals surface area contributed by atoms with Crippen LogP contribution in [0.2, 0.25) is 0 Å². The van der Waals surface area contributed by atoms with Gasteiger partial charge in [0.2, 0.25) is 0 Å². The van der Waals surface area contributed by atoms with Crippen LogP contribution in [0.1, 0.15) is 51.0 Å². The Labute approximate surface area is 128 Å². The van der Waals surface area contributed by atoms with Crippen LogP contribution in [0.25, 0.3) is 0 Å². The molecular weight excluding hydrogens is 264 g/mol. The fourth-order valence-electron chi connectivity index (χ4n) is 3.21. The fourth-order valence-corrected chi connectivity index (χ4v) is 4.02. The minimum absolute atomic E-state index is 0.285. The molecule has 1 nitrogen and oxygen atoms in total. The molecule has 1 aromatic carbocycles. The predicted octanol–water partition coefficient (Wildman–Crippen LogP) is 5.46. The standard InChI is InChI=1S/C18H28OS/c1-14-8-4-7-11-17(14)19-15(2)18(20-3)13-12-16-9-5-6-10-16/h4,7-8,11,15-16,18H,5-6,9-10,12-13H2,1-3H3. The summed E-state index contributed by atoms with van der Waals surface area (Å²) in [6.07, 6.45) is 11.0. The minimum Gasteiger partial charge on any atom is -0.489 e. The van der Waals surface area contributed by atoms with Crippen LogP contribution in [0.4, 0.5) is 0 Å². The van der Waals surface area contributed by atoms with Crippen molar-refractivity contribution in [1.29, 1.82) is 0 Å². The van der Waals surface area contributed by atoms with E-state index in [4.69, 9.17) is 4.74 Å². The highest BCUT2D eigenvalue weighted by Gasteiger charge is 2.22. The zero-order valence-electron chi connectivity index (χ0n) is 13.1. The third-order valence-electron chi connectivity index (χ3n) is 4.57. The summed E-state index contributed by atoms with van der Waals surface area (Å²) in [7, 11) is 0. The summed E-state index contributed by atoms with van der Waals surface area (Å²) in [6, 6.07) is 8.33. The van der Waals surface area contributed by atoms with Crippen molar-refractivity contribution in [3.8, 4) is 5.75 Å². The van der Waals surface area contributed by atoms with Crippen LogP contribution in [-0.2, 0) is 0 Å². The van der Waals surface area contributed by atoms with E-state index in [-0.39, 0.29) is 6.10 Å². The molecule has 1 fully saturated rings. The molecular formula is C18H28OS. The molecule has 2 heteroatoms. The minimum atomic E-state index is 0.285. The van der Waals surface area contributed by atoms with E-state index in [1.54, 1.807) is 0 Å². The first-order chi connectivity index (χ1) is 9.70. The van der Waals surface area contributed by atoms with Gasteiger partial charge in [0.05, 0.1) is 0 Å². The molecule has 0 amide bonds. The molecule has 1 aliphatic rings. The zero-order valence-corrected chi connectivity index (χ0v) is 13.9. The van der Waals surface area contributed by atoms with E-state index in [2.05, 4.69) is 44.4 Å². The van der Waals surface area contributed by atoms with Crippen molar-refractivity contribution in [3.05, 3.63) is 29.8 Å². The van der Waals surface area contributed by atoms with Crippen LogP contribution in [0.15, 0.2) is 24.3 Å². The summed E-state index contributed by atoms with van der Waals surface area (Å²) < 4.78 is 6.19. The largest absolute Gasteiger partial charge is 0.489 e. The van der Waals surface area contributed by atoms with Crippen molar-refractivity contribution in [3.63, 3.8) is 0 Å². The van der Waals surface area contributed by atoms with Gasteiger partial charge in [-0.1, -0.05) is 43.9 Å². The van der Waals surface area contributed by atoms with Crippen molar-refractivity contribution in [2.45, 2.75) is 63.7 Å². The number of benzene rings is 1. The second-order valence-electron chi connectivity index (χ2n) is 6.09. The quantitative estimate of drug-likeness (QED) is 0.659. The normalized spacial score (nSPS) is 18.9. The summed E-state index contributed by atoms with van der Waals surface area (Å²) in [5, 5.41) is 0.607. The van der Waals surface area contributed by atoms with Crippen molar-refractivity contribution >= 4 is 11.8 Å². The number of hydrogen-bond donors (Lipinski definition) is 0. The number of aryl methyl sites for hydroxylation is 1. The molecule has 0 radical (unpaired) electrons. The van der Waals surface area contributed by atoms with Crippen LogP contribution >= 0.6 is 11.8 Å². The SMILES string of the molecule is CSC(CCC1CCCC1)C(C)Oc1ccccc1C. The summed E-state index contributed by atoms with van der Waals surface area (Å²) in [5.74, 6) is 2.02. The number of para-hydroxylation sites is 1. The molecule has 1 saturated carbocycles. The molecule has 2 unspecified atom stereocenters. The molecule has 0 bridgehead atoms. The lowest BCUT2D eigenvalue weighted by atomic mass is 9.99. The summed E-state index contributed by atoms with van der Waals surface area (Å²) in [5.41, 5.74) is 1.23. The van der Waals surface area contributed by atoms with E-state index in [1.807, 2.05) is 11.8 Å². The number of rotatable bonds is 7. The van der Waals surface area contributed by atoms with E-state index in [9.17, 15) is 0 Å². The van der Waals surface area contributed by atoms with Crippen LogP contribution in [0.3, 0.4) is 0 Å². The summed E-state index contributed by atoms with van der Waals surface area (Å²) in [6.45, 7) is 4.34. The number of hydrogen-bond acceptors (Lipinski definition) is 2. The van der Waals surface area contributed by atoms with Crippen molar-refractivity contribution in [1.82, 2.24) is 0 Å². The second kappa shape index (κ2) is 7.97. The smallest absolute Gasteiger partial charge is 0.122 e. The molecule has 1 aromatic rings. The van der Waals surface area contributed by atoms with Gasteiger partial charge in [-0.3, -0.25) is 0 Å². The zero-order chi connectivity index (χ0) is 14.4. The lowest BCUT2D eigenvalue weighted by Gasteiger charge is -2.25. The Hall–Kier alpha value is -0.630. The molecule has 0 spiro atoms. The molecule has 20 heavy (non-hydrogen) atoms. The highest BCUT2D eigenvalue weighted by Crippen LogP contribution is 2.32. The molecule has 1 aliphatic carbocycles. The first-order valence-corrected chi connectivity index (χ1v) is 9.24. The van der Waals surface area contributed by atoms with E-state index < -0.39 is 0 Å². The van der Waals surface area contributed by atoms with Gasteiger partial charge in [-0.25, -0.2) is 0 Å². The third kappa shape index (κ3) is 4.44. The molecule has 0 N–H and O–H groups in total. The van der Waals surface area contributed by atoms with Gasteiger partial charge in [-0.2, -0.15) is 11.8 Å². The van der Waals surface area contributed by atoms with Crippen LogP contribution in [0, 0.1) is 12.8 Å². The number of thioether (sulfide) groups is 1. The Bertz CT molecular complexity index is 398. The Morgan fingerprint density at radius 2 is 1.95 bits per heavy atom. The van der Waals surface area contributed by atoms with Gasteiger partial charge in [0.1, 0.15) is 11.9 Å². The Morgan fingerprint density at radius 1 is 1.25 bits per heavy atom. The molecule has 2 rings (SSSR count).